The van der Waals surface area contributed by atoms with Crippen LogP contribution in [0.25, 0.3) is 0 Å². The molecule has 1 saturated carbocycles. The van der Waals surface area contributed by atoms with Crippen LogP contribution in [0.5, 0.6) is 0 Å². The van der Waals surface area contributed by atoms with Gasteiger partial charge in [-0.25, -0.2) is 0 Å². The van der Waals surface area contributed by atoms with Gasteiger partial charge in [0.25, 0.3) is 0 Å². The van der Waals surface area contributed by atoms with Crippen LogP contribution >= 0.6 is 11.6 Å². The summed E-state index contributed by atoms with van der Waals surface area (Å²) < 4.78 is 35.1. The van der Waals surface area contributed by atoms with Gasteiger partial charge in [0.2, 0.25) is 0 Å². The Kier molecular flexibility index (Phi) is 11.0. The summed E-state index contributed by atoms with van der Waals surface area (Å²) in [7, 11) is 0. The maximum Gasteiger partial charge on any atom is 0.312 e. The van der Waals surface area contributed by atoms with E-state index < -0.39 is 100 Å². The van der Waals surface area contributed by atoms with Crippen molar-refractivity contribution in [3.8, 4) is 0 Å². The third kappa shape index (κ3) is 6.67. The van der Waals surface area contributed by atoms with Gasteiger partial charge >= 0.3 is 35.8 Å². The predicted molar refractivity (Wildman–Crippen MR) is 160 cm³/mol. The second-order valence-electron chi connectivity index (χ2n) is 12.5. The van der Waals surface area contributed by atoms with Gasteiger partial charge in [0.1, 0.15) is 24.4 Å². The quantitative estimate of drug-likeness (QED) is 0.238. The Morgan fingerprint density at radius 2 is 1.57 bits per heavy atom. The second kappa shape index (κ2) is 13.7. The first-order valence-electron chi connectivity index (χ1n) is 15.1. The van der Waals surface area contributed by atoms with Crippen molar-refractivity contribution in [1.29, 1.82) is 0 Å². The molecule has 13 nitrogen and oxygen atoms in total. The molecule has 2 aliphatic carbocycles. The maximum atomic E-state index is 13.2. The number of carbonyl (C=O) groups excluding carboxylic acids is 6. The van der Waals surface area contributed by atoms with Gasteiger partial charge in [-0.1, -0.05) is 26.5 Å². The average Bonchev–Trinajstić information content (AvgIpc) is 3.15. The molecule has 46 heavy (non-hydrogen) atoms. The lowest BCUT2D eigenvalue weighted by Gasteiger charge is -2.61. The van der Waals surface area contributed by atoms with E-state index in [1.807, 2.05) is 0 Å². The Morgan fingerprint density at radius 1 is 0.978 bits per heavy atom. The number of fused-ring (bicyclic) bond motifs is 2. The highest BCUT2D eigenvalue weighted by Gasteiger charge is 2.75. The number of esters is 6. The number of allylic oxidation sites excluding steroid dienone is 1. The fraction of sp³-hybridized carbons (Fsp3) is 0.688. The van der Waals surface area contributed by atoms with Crippen molar-refractivity contribution < 1.29 is 62.3 Å². The van der Waals surface area contributed by atoms with Crippen molar-refractivity contribution in [3.05, 3.63) is 24.3 Å². The van der Waals surface area contributed by atoms with E-state index in [9.17, 15) is 33.9 Å². The highest BCUT2D eigenvalue weighted by Crippen LogP contribution is 2.59. The van der Waals surface area contributed by atoms with Gasteiger partial charge in [-0.15, -0.1) is 11.6 Å². The molecular formula is C32H43ClO13. The zero-order valence-corrected chi connectivity index (χ0v) is 28.1. The smallest absolute Gasteiger partial charge is 0.312 e. The number of carbonyl (C=O) groups is 6. The molecule has 0 radical (unpaired) electrons. The molecule has 0 spiro atoms. The van der Waals surface area contributed by atoms with Crippen LogP contribution in [0.2, 0.25) is 0 Å². The molecule has 3 rings (SSSR count). The number of halogens is 1. The van der Waals surface area contributed by atoms with Crippen molar-refractivity contribution in [2.45, 2.75) is 122 Å². The van der Waals surface area contributed by atoms with Gasteiger partial charge in [-0.2, -0.15) is 0 Å². The van der Waals surface area contributed by atoms with E-state index in [-0.39, 0.29) is 18.4 Å². The third-order valence-electron chi connectivity index (χ3n) is 9.26. The van der Waals surface area contributed by atoms with E-state index in [1.165, 1.54) is 32.9 Å². The summed E-state index contributed by atoms with van der Waals surface area (Å²) in [5.41, 5.74) is -6.04. The van der Waals surface area contributed by atoms with Crippen LogP contribution in [0.3, 0.4) is 0 Å². The lowest BCUT2D eigenvalue weighted by molar-refractivity contribution is -0.292. The first-order valence-corrected chi connectivity index (χ1v) is 15.5. The fourth-order valence-electron chi connectivity index (χ4n) is 7.21. The molecule has 3 aliphatic rings. The van der Waals surface area contributed by atoms with Gasteiger partial charge in [0.15, 0.2) is 17.3 Å². The molecule has 14 heteroatoms. The molecule has 256 valence electrons. The zero-order chi connectivity index (χ0) is 34.9. The molecule has 2 fully saturated rings. The SMILES string of the molecule is C=C1/C=C\[C@H](OC(C)=O)[C@@]2(C)[C@@H](OC(C)=O)C[C@@H](OC(=O)CCC)[C@@](C)(OC(C)=O)[C@@H]2[C@H](OC(C)=O)[C@]2(O)[C@@H](C)C(=O)O[C@H]2[C@H]1Cl. The largest absolute Gasteiger partial charge is 0.462 e. The van der Waals surface area contributed by atoms with Crippen LogP contribution in [0.4, 0.5) is 0 Å². The summed E-state index contributed by atoms with van der Waals surface area (Å²) in [4.78, 5) is 77.2. The summed E-state index contributed by atoms with van der Waals surface area (Å²) >= 11 is 6.78. The summed E-state index contributed by atoms with van der Waals surface area (Å²) in [5.74, 6) is -7.78. The van der Waals surface area contributed by atoms with E-state index in [1.54, 1.807) is 6.92 Å². The van der Waals surface area contributed by atoms with Crippen molar-refractivity contribution in [1.82, 2.24) is 0 Å². The molecule has 0 aromatic heterocycles. The van der Waals surface area contributed by atoms with Crippen molar-refractivity contribution >= 4 is 47.4 Å². The molecule has 1 aliphatic heterocycles. The standard InChI is InChI=1S/C32H43ClO13/c1-10-11-24(38)44-23-14-22(42-18(5)35)30(8)21(41-17(4)34)13-12-15(2)25(33)27-32(40,16(3)29(39)45-27)28(43-19(6)36)26(30)31(23,9)46-20(7)37/h12-13,16,21-23,25-28,40H,2,10-11,14H2,1,3-9H3/b13-12-/t16-,21-,22-,23+,25-,26+,27-,28-,30-,31+,32-/m0/s1. The zero-order valence-electron chi connectivity index (χ0n) is 27.3. The number of alkyl halides is 1. The van der Waals surface area contributed by atoms with Crippen LogP contribution in [0.15, 0.2) is 24.3 Å². The van der Waals surface area contributed by atoms with E-state index in [4.69, 9.17) is 40.0 Å². The van der Waals surface area contributed by atoms with Crippen LogP contribution in [-0.4, -0.2) is 88.0 Å². The predicted octanol–water partition coefficient (Wildman–Crippen LogP) is 2.87. The number of hydrogen-bond donors (Lipinski definition) is 1. The Balaban J connectivity index is 2.57. The normalized spacial score (nSPS) is 39.4. The Hall–Kier alpha value is -3.45. The molecule has 1 N–H and O–H groups in total. The van der Waals surface area contributed by atoms with Crippen LogP contribution in [0.1, 0.15) is 74.7 Å². The van der Waals surface area contributed by atoms with E-state index in [0.717, 1.165) is 27.7 Å². The Bertz CT molecular complexity index is 1310. The molecule has 0 unspecified atom stereocenters. The van der Waals surface area contributed by atoms with Gasteiger partial charge in [0, 0.05) is 40.5 Å². The number of rotatable bonds is 7. The molecule has 11 atom stereocenters. The monoisotopic (exact) mass is 670 g/mol. The molecular weight excluding hydrogens is 628 g/mol. The second-order valence-corrected chi connectivity index (χ2v) is 13.0. The summed E-state index contributed by atoms with van der Waals surface area (Å²) in [6, 6.07) is 0. The van der Waals surface area contributed by atoms with Gasteiger partial charge in [-0.05, 0) is 31.9 Å². The molecule has 0 bridgehead atoms. The first kappa shape index (κ1) is 37.0. The summed E-state index contributed by atoms with van der Waals surface area (Å²) in [6.45, 7) is 14.5. The van der Waals surface area contributed by atoms with E-state index in [0.29, 0.717) is 6.42 Å². The van der Waals surface area contributed by atoms with Crippen molar-refractivity contribution in [2.24, 2.45) is 17.3 Å². The lowest BCUT2D eigenvalue weighted by Crippen LogP contribution is -2.75. The topological polar surface area (TPSA) is 178 Å². The van der Waals surface area contributed by atoms with Crippen molar-refractivity contribution in [3.63, 3.8) is 0 Å². The Labute approximate surface area is 272 Å². The summed E-state index contributed by atoms with van der Waals surface area (Å²) in [6.07, 6.45) is -4.45. The fourth-order valence-corrected chi connectivity index (χ4v) is 7.53. The van der Waals surface area contributed by atoms with Gasteiger partial charge in [-0.3, -0.25) is 28.8 Å². The minimum atomic E-state index is -2.45. The van der Waals surface area contributed by atoms with Crippen LogP contribution in [0, 0.1) is 17.3 Å². The van der Waals surface area contributed by atoms with E-state index >= 15 is 0 Å². The molecule has 0 aromatic carbocycles. The van der Waals surface area contributed by atoms with Gasteiger partial charge < -0.3 is 33.5 Å². The maximum absolute atomic E-state index is 13.2. The van der Waals surface area contributed by atoms with Crippen molar-refractivity contribution in [2.75, 3.05) is 0 Å². The lowest BCUT2D eigenvalue weighted by atomic mass is 9.51. The minimum Gasteiger partial charge on any atom is -0.462 e. The van der Waals surface area contributed by atoms with Crippen LogP contribution < -0.4 is 0 Å². The number of aliphatic hydroxyl groups is 1. The number of hydrogen-bond acceptors (Lipinski definition) is 13. The first-order chi connectivity index (χ1) is 21.2. The van der Waals surface area contributed by atoms with Gasteiger partial charge in [0.05, 0.1) is 22.6 Å². The van der Waals surface area contributed by atoms with Crippen LogP contribution in [-0.2, 0) is 57.2 Å². The van der Waals surface area contributed by atoms with E-state index in [2.05, 4.69) is 6.58 Å². The molecule has 0 aromatic rings. The molecule has 1 saturated heterocycles. The third-order valence-corrected chi connectivity index (χ3v) is 9.77. The molecule has 1 heterocycles. The number of ether oxygens (including phenoxy) is 6. The average molecular weight is 671 g/mol. The highest BCUT2D eigenvalue weighted by atomic mass is 35.5. The Morgan fingerprint density at radius 3 is 2.09 bits per heavy atom. The highest BCUT2D eigenvalue weighted by molar-refractivity contribution is 6.23. The summed E-state index contributed by atoms with van der Waals surface area (Å²) in [5, 5.41) is 11.5. The molecule has 0 amide bonds. The minimum absolute atomic E-state index is 0.0135.